The summed E-state index contributed by atoms with van der Waals surface area (Å²) >= 11 is 5.95. The molecule has 0 bridgehead atoms. The first-order valence-electron chi connectivity index (χ1n) is 9.90. The van der Waals surface area contributed by atoms with Crippen molar-refractivity contribution in [2.45, 2.75) is 24.8 Å². The van der Waals surface area contributed by atoms with Crippen LogP contribution in [0.2, 0.25) is 5.02 Å². The van der Waals surface area contributed by atoms with Crippen molar-refractivity contribution in [3.8, 4) is 0 Å². The molecule has 2 aliphatic heterocycles. The Kier molecular flexibility index (Phi) is 5.59. The molecule has 0 unspecified atom stereocenters. The minimum absolute atomic E-state index is 0.0981. The molecular weight excluding hydrogens is 412 g/mol. The predicted molar refractivity (Wildman–Crippen MR) is 113 cm³/mol. The van der Waals surface area contributed by atoms with Gasteiger partial charge in [-0.05, 0) is 43.7 Å². The van der Waals surface area contributed by atoms with Gasteiger partial charge in [-0.2, -0.15) is 4.31 Å². The number of rotatable bonds is 4. The molecule has 0 saturated carbocycles. The van der Waals surface area contributed by atoms with E-state index < -0.39 is 10.0 Å². The Morgan fingerprint density at radius 2 is 1.69 bits per heavy atom. The van der Waals surface area contributed by atoms with Crippen molar-refractivity contribution in [1.82, 2.24) is 13.8 Å². The second-order valence-corrected chi connectivity index (χ2v) is 9.73. The molecule has 1 saturated heterocycles. The van der Waals surface area contributed by atoms with Crippen molar-refractivity contribution in [2.75, 3.05) is 44.2 Å². The molecule has 156 valence electrons. The number of aryl methyl sites for hydroxylation is 1. The van der Waals surface area contributed by atoms with E-state index in [2.05, 4.69) is 4.90 Å². The van der Waals surface area contributed by atoms with Crippen LogP contribution in [0, 0.1) is 0 Å². The lowest BCUT2D eigenvalue weighted by molar-refractivity contribution is 0.0766. The second-order valence-electron chi connectivity index (χ2n) is 7.36. The fourth-order valence-electron chi connectivity index (χ4n) is 3.97. The van der Waals surface area contributed by atoms with Gasteiger partial charge in [-0.3, -0.25) is 4.79 Å². The number of amides is 1. The van der Waals surface area contributed by atoms with Crippen LogP contribution in [0.3, 0.4) is 0 Å². The van der Waals surface area contributed by atoms with Crippen LogP contribution in [0.25, 0.3) is 0 Å². The topological polar surface area (TPSA) is 65.9 Å². The van der Waals surface area contributed by atoms with Gasteiger partial charge in [0.1, 0.15) is 10.6 Å². The smallest absolute Gasteiger partial charge is 0.270 e. The fourth-order valence-corrected chi connectivity index (χ4v) is 5.56. The number of fused-ring (bicyclic) bond motifs is 1. The van der Waals surface area contributed by atoms with E-state index in [1.807, 2.05) is 31.2 Å². The van der Waals surface area contributed by atoms with Gasteiger partial charge >= 0.3 is 0 Å². The van der Waals surface area contributed by atoms with Gasteiger partial charge in [-0.25, -0.2) is 8.42 Å². The lowest BCUT2D eigenvalue weighted by Gasteiger charge is -2.35. The molecule has 0 N–H and O–H groups in total. The van der Waals surface area contributed by atoms with E-state index in [0.29, 0.717) is 56.5 Å². The third kappa shape index (κ3) is 3.89. The van der Waals surface area contributed by atoms with Crippen molar-refractivity contribution >= 4 is 33.2 Å². The molecule has 0 atom stereocenters. The van der Waals surface area contributed by atoms with Crippen molar-refractivity contribution < 1.29 is 13.2 Å². The van der Waals surface area contributed by atoms with Crippen LogP contribution in [0.1, 0.15) is 23.8 Å². The number of aromatic nitrogens is 1. The van der Waals surface area contributed by atoms with E-state index >= 15 is 0 Å². The third-order valence-electron chi connectivity index (χ3n) is 5.65. The molecule has 2 aliphatic rings. The van der Waals surface area contributed by atoms with Crippen LogP contribution in [-0.2, 0) is 16.6 Å². The van der Waals surface area contributed by atoms with Gasteiger partial charge in [0.25, 0.3) is 5.91 Å². The zero-order valence-electron chi connectivity index (χ0n) is 16.4. The van der Waals surface area contributed by atoms with Gasteiger partial charge in [0, 0.05) is 62.7 Å². The van der Waals surface area contributed by atoms with Crippen LogP contribution in [-0.4, -0.2) is 67.4 Å². The molecule has 1 aromatic carbocycles. The summed E-state index contributed by atoms with van der Waals surface area (Å²) in [6, 6.07) is 9.11. The monoisotopic (exact) mass is 436 g/mol. The molecule has 4 rings (SSSR count). The highest BCUT2D eigenvalue weighted by molar-refractivity contribution is 7.89. The van der Waals surface area contributed by atoms with Crippen molar-refractivity contribution in [3.63, 3.8) is 0 Å². The number of benzene rings is 1. The van der Waals surface area contributed by atoms with E-state index in [4.69, 9.17) is 11.6 Å². The molecule has 1 aromatic heterocycles. The minimum atomic E-state index is -3.63. The maximum Gasteiger partial charge on any atom is 0.270 e. The molecule has 3 heterocycles. The summed E-state index contributed by atoms with van der Waals surface area (Å²) < 4.78 is 29.7. The Labute approximate surface area is 176 Å². The van der Waals surface area contributed by atoms with Gasteiger partial charge in [0.2, 0.25) is 10.0 Å². The molecule has 1 amide bonds. The fraction of sp³-hybridized carbons (Fsp3) is 0.450. The van der Waals surface area contributed by atoms with Gasteiger partial charge in [0.15, 0.2) is 0 Å². The summed E-state index contributed by atoms with van der Waals surface area (Å²) in [6.45, 7) is 5.94. The van der Waals surface area contributed by atoms with Crippen LogP contribution < -0.4 is 4.90 Å². The first-order chi connectivity index (χ1) is 13.9. The first kappa shape index (κ1) is 20.3. The quantitative estimate of drug-likeness (QED) is 0.738. The second kappa shape index (κ2) is 8.01. The summed E-state index contributed by atoms with van der Waals surface area (Å²) in [7, 11) is -3.63. The van der Waals surface area contributed by atoms with E-state index in [0.717, 1.165) is 12.1 Å². The SMILES string of the molecule is CCN1CCCn2cc(S(=O)(=O)N3CCN(c4ccc(Cl)cc4)CC3)cc2C1=O. The van der Waals surface area contributed by atoms with Crippen molar-refractivity contribution in [2.24, 2.45) is 0 Å². The zero-order valence-corrected chi connectivity index (χ0v) is 18.0. The first-order valence-corrected chi connectivity index (χ1v) is 11.7. The average Bonchev–Trinajstić information content (AvgIpc) is 3.10. The predicted octanol–water partition coefficient (Wildman–Crippen LogP) is 2.52. The number of carbonyl (C=O) groups is 1. The largest absolute Gasteiger partial charge is 0.369 e. The highest BCUT2D eigenvalue weighted by Gasteiger charge is 2.32. The summed E-state index contributed by atoms with van der Waals surface area (Å²) in [5.41, 5.74) is 1.50. The van der Waals surface area contributed by atoms with Crippen LogP contribution in [0.5, 0.6) is 0 Å². The molecule has 1 fully saturated rings. The van der Waals surface area contributed by atoms with Gasteiger partial charge in [0.05, 0.1) is 0 Å². The van der Waals surface area contributed by atoms with E-state index in [1.54, 1.807) is 15.7 Å². The highest BCUT2D eigenvalue weighted by Crippen LogP contribution is 2.25. The van der Waals surface area contributed by atoms with Crippen LogP contribution in [0.4, 0.5) is 5.69 Å². The van der Waals surface area contributed by atoms with E-state index in [1.165, 1.54) is 10.4 Å². The molecule has 0 spiro atoms. The summed E-state index contributed by atoms with van der Waals surface area (Å²) in [5.74, 6) is -0.0981. The number of hydrogen-bond donors (Lipinski definition) is 0. The Balaban J connectivity index is 1.51. The molecule has 0 radical (unpaired) electrons. The lowest BCUT2D eigenvalue weighted by atomic mass is 10.2. The van der Waals surface area contributed by atoms with Crippen molar-refractivity contribution in [3.05, 3.63) is 47.2 Å². The standard InChI is InChI=1S/C20H25ClN4O3S/c1-2-22-8-3-9-24-15-18(14-19(24)20(22)26)29(27,28)25-12-10-23(11-13-25)17-6-4-16(21)5-7-17/h4-7,14-15H,2-3,8-13H2,1H3. The van der Waals surface area contributed by atoms with E-state index in [-0.39, 0.29) is 10.8 Å². The maximum atomic E-state index is 13.2. The number of piperazine rings is 1. The normalized spacial score (nSPS) is 18.6. The average molecular weight is 437 g/mol. The molecular formula is C20H25ClN4O3S. The number of sulfonamides is 1. The van der Waals surface area contributed by atoms with E-state index in [9.17, 15) is 13.2 Å². The van der Waals surface area contributed by atoms with Gasteiger partial charge in [-0.15, -0.1) is 0 Å². The Bertz CT molecular complexity index is 995. The van der Waals surface area contributed by atoms with Gasteiger partial charge in [-0.1, -0.05) is 11.6 Å². The maximum absolute atomic E-state index is 13.2. The number of nitrogens with zero attached hydrogens (tertiary/aromatic N) is 4. The highest BCUT2D eigenvalue weighted by atomic mass is 35.5. The summed E-state index contributed by atoms with van der Waals surface area (Å²) in [4.78, 5) is 16.8. The third-order valence-corrected chi connectivity index (χ3v) is 7.77. The summed E-state index contributed by atoms with van der Waals surface area (Å²) in [5, 5.41) is 0.680. The van der Waals surface area contributed by atoms with Gasteiger partial charge < -0.3 is 14.4 Å². The van der Waals surface area contributed by atoms with Crippen molar-refractivity contribution in [1.29, 1.82) is 0 Å². The number of anilines is 1. The van der Waals surface area contributed by atoms with Crippen LogP contribution in [0.15, 0.2) is 41.4 Å². The minimum Gasteiger partial charge on any atom is -0.369 e. The molecule has 29 heavy (non-hydrogen) atoms. The van der Waals surface area contributed by atoms with Crippen LogP contribution >= 0.6 is 11.6 Å². The Morgan fingerprint density at radius 3 is 2.34 bits per heavy atom. The zero-order chi connectivity index (χ0) is 20.6. The molecule has 7 nitrogen and oxygen atoms in total. The number of hydrogen-bond acceptors (Lipinski definition) is 4. The summed E-state index contributed by atoms with van der Waals surface area (Å²) in [6.07, 6.45) is 2.44. The lowest BCUT2D eigenvalue weighted by Crippen LogP contribution is -2.48. The molecule has 9 heteroatoms. The Hall–Kier alpha value is -2.03. The number of carbonyl (C=O) groups excluding carboxylic acids is 1. The molecule has 0 aliphatic carbocycles. The number of halogens is 1. The Morgan fingerprint density at radius 1 is 1.00 bits per heavy atom. The molecule has 2 aromatic rings.